The summed E-state index contributed by atoms with van der Waals surface area (Å²) in [6.45, 7) is 2.35. The van der Waals surface area contributed by atoms with E-state index in [4.69, 9.17) is 11.6 Å². The third kappa shape index (κ3) is 3.87. The minimum absolute atomic E-state index is 0.0661. The molecule has 1 aliphatic rings. The summed E-state index contributed by atoms with van der Waals surface area (Å²) in [4.78, 5) is 23.0. The highest BCUT2D eigenvalue weighted by atomic mass is 35.5. The Morgan fingerprint density at radius 1 is 1.21 bits per heavy atom. The molecule has 1 amide bonds. The Bertz CT molecular complexity index is 1050. The van der Waals surface area contributed by atoms with E-state index in [0.29, 0.717) is 13.1 Å². The van der Waals surface area contributed by atoms with Crippen molar-refractivity contribution >= 4 is 38.9 Å². The van der Waals surface area contributed by atoms with Gasteiger partial charge < -0.3 is 5.32 Å². The molecule has 1 fully saturated rings. The normalized spacial score (nSPS) is 14.8. The van der Waals surface area contributed by atoms with Gasteiger partial charge in [-0.05, 0) is 44.0 Å². The van der Waals surface area contributed by atoms with Crippen molar-refractivity contribution in [3.05, 3.63) is 62.7 Å². The van der Waals surface area contributed by atoms with Gasteiger partial charge in [0.25, 0.3) is 11.6 Å². The third-order valence-corrected chi connectivity index (χ3v) is 7.00. The van der Waals surface area contributed by atoms with Gasteiger partial charge in [0.2, 0.25) is 10.0 Å². The van der Waals surface area contributed by atoms with Gasteiger partial charge in [0.05, 0.1) is 9.95 Å². The fourth-order valence-corrected chi connectivity index (χ4v) is 5.13. The highest BCUT2D eigenvalue weighted by Crippen LogP contribution is 2.30. The summed E-state index contributed by atoms with van der Waals surface area (Å²) < 4.78 is 26.9. The van der Waals surface area contributed by atoms with E-state index in [1.165, 1.54) is 47.6 Å². The zero-order chi connectivity index (χ0) is 20.5. The van der Waals surface area contributed by atoms with Gasteiger partial charge in [-0.1, -0.05) is 17.7 Å². The van der Waals surface area contributed by atoms with Crippen LogP contribution in [0.4, 0.5) is 11.4 Å². The second-order valence-electron chi connectivity index (χ2n) is 6.42. The van der Waals surface area contributed by atoms with Gasteiger partial charge in [-0.15, -0.1) is 0 Å². The number of nitro benzene ring substituents is 1. The average Bonchev–Trinajstić information content (AvgIpc) is 3.18. The molecule has 0 spiro atoms. The lowest BCUT2D eigenvalue weighted by molar-refractivity contribution is -0.385. The summed E-state index contributed by atoms with van der Waals surface area (Å²) >= 11 is 6.10. The number of carbonyl (C=O) groups is 1. The monoisotopic (exact) mass is 423 g/mol. The molecule has 1 aliphatic heterocycles. The van der Waals surface area contributed by atoms with Gasteiger partial charge in [0.1, 0.15) is 4.90 Å². The topological polar surface area (TPSA) is 110 Å². The van der Waals surface area contributed by atoms with Crippen LogP contribution in [-0.2, 0) is 10.0 Å². The average molecular weight is 424 g/mol. The van der Waals surface area contributed by atoms with E-state index in [9.17, 15) is 23.3 Å². The van der Waals surface area contributed by atoms with Crippen LogP contribution < -0.4 is 5.32 Å². The number of sulfonamides is 1. The highest BCUT2D eigenvalue weighted by Gasteiger charge is 2.29. The molecule has 148 valence electrons. The molecule has 3 rings (SSSR count). The van der Waals surface area contributed by atoms with E-state index >= 15 is 0 Å². The molecule has 1 N–H and O–H groups in total. The first kappa shape index (κ1) is 20.2. The number of nitro groups is 1. The number of halogens is 1. The molecule has 8 nitrogen and oxygen atoms in total. The van der Waals surface area contributed by atoms with Gasteiger partial charge >= 0.3 is 0 Å². The van der Waals surface area contributed by atoms with Crippen LogP contribution in [0.15, 0.2) is 41.3 Å². The first-order valence-corrected chi connectivity index (χ1v) is 10.4. The molecular weight excluding hydrogens is 406 g/mol. The van der Waals surface area contributed by atoms with E-state index < -0.39 is 20.9 Å². The van der Waals surface area contributed by atoms with E-state index in [1.54, 1.807) is 0 Å². The standard InChI is InChI=1S/C18H18ClN3O5S/c1-12-14(5-4-6-16(12)22(24)25)18(23)20-13-7-8-15(19)17(11-13)28(26,27)21-9-2-3-10-21/h4-8,11H,2-3,9-10H2,1H3,(H,20,23). The number of carbonyl (C=O) groups excluding carboxylic acids is 1. The van der Waals surface area contributed by atoms with Crippen LogP contribution in [0.2, 0.25) is 5.02 Å². The molecule has 1 saturated heterocycles. The van der Waals surface area contributed by atoms with Crippen molar-refractivity contribution < 1.29 is 18.1 Å². The van der Waals surface area contributed by atoms with Crippen LogP contribution in [0, 0.1) is 17.0 Å². The molecule has 2 aromatic rings. The molecule has 0 aromatic heterocycles. The number of benzene rings is 2. The van der Waals surface area contributed by atoms with Crippen LogP contribution >= 0.6 is 11.6 Å². The summed E-state index contributed by atoms with van der Waals surface area (Å²) in [5, 5.41) is 13.7. The summed E-state index contributed by atoms with van der Waals surface area (Å²) in [5.41, 5.74) is 0.427. The maximum Gasteiger partial charge on any atom is 0.273 e. The molecule has 1 heterocycles. The van der Waals surface area contributed by atoms with Crippen LogP contribution in [-0.4, -0.2) is 36.6 Å². The van der Waals surface area contributed by atoms with E-state index in [-0.39, 0.29) is 32.4 Å². The summed E-state index contributed by atoms with van der Waals surface area (Å²) in [6.07, 6.45) is 1.58. The molecule has 28 heavy (non-hydrogen) atoms. The summed E-state index contributed by atoms with van der Waals surface area (Å²) in [6, 6.07) is 8.40. The van der Waals surface area contributed by atoms with Gasteiger partial charge in [0, 0.05) is 36.0 Å². The second-order valence-corrected chi connectivity index (χ2v) is 8.73. The van der Waals surface area contributed by atoms with Gasteiger partial charge in [-0.25, -0.2) is 8.42 Å². The van der Waals surface area contributed by atoms with Crippen LogP contribution in [0.1, 0.15) is 28.8 Å². The fraction of sp³-hybridized carbons (Fsp3) is 0.278. The van der Waals surface area contributed by atoms with E-state index in [0.717, 1.165) is 12.8 Å². The number of anilines is 1. The Kier molecular flexibility index (Phi) is 5.69. The number of amides is 1. The van der Waals surface area contributed by atoms with E-state index in [2.05, 4.69) is 5.32 Å². The molecular formula is C18H18ClN3O5S. The minimum Gasteiger partial charge on any atom is -0.322 e. The number of hydrogen-bond donors (Lipinski definition) is 1. The maximum atomic E-state index is 12.8. The molecule has 0 radical (unpaired) electrons. The number of hydrogen-bond acceptors (Lipinski definition) is 5. The lowest BCUT2D eigenvalue weighted by Gasteiger charge is -2.17. The van der Waals surface area contributed by atoms with Crippen molar-refractivity contribution in [1.82, 2.24) is 4.31 Å². The lowest BCUT2D eigenvalue weighted by Crippen LogP contribution is -2.28. The first-order chi connectivity index (χ1) is 13.2. The largest absolute Gasteiger partial charge is 0.322 e. The second kappa shape index (κ2) is 7.86. The zero-order valence-electron chi connectivity index (χ0n) is 15.0. The molecule has 2 aromatic carbocycles. The van der Waals surface area contributed by atoms with Crippen molar-refractivity contribution in [2.75, 3.05) is 18.4 Å². The van der Waals surface area contributed by atoms with Gasteiger partial charge in [0.15, 0.2) is 0 Å². The SMILES string of the molecule is Cc1c(C(=O)Nc2ccc(Cl)c(S(=O)(=O)N3CCCC3)c2)cccc1[N+](=O)[O-]. The quantitative estimate of drug-likeness (QED) is 0.583. The Balaban J connectivity index is 1.91. The Labute approximate surface area is 167 Å². The van der Waals surface area contributed by atoms with Crippen LogP contribution in [0.5, 0.6) is 0 Å². The van der Waals surface area contributed by atoms with Crippen molar-refractivity contribution in [3.8, 4) is 0 Å². The Morgan fingerprint density at radius 3 is 2.54 bits per heavy atom. The van der Waals surface area contributed by atoms with Gasteiger partial charge in [-0.3, -0.25) is 14.9 Å². The summed E-state index contributed by atoms with van der Waals surface area (Å²) in [7, 11) is -3.76. The van der Waals surface area contributed by atoms with Crippen molar-refractivity contribution in [2.24, 2.45) is 0 Å². The smallest absolute Gasteiger partial charge is 0.273 e. The van der Waals surface area contributed by atoms with Crippen LogP contribution in [0.25, 0.3) is 0 Å². The number of nitrogens with one attached hydrogen (secondary N) is 1. The fourth-order valence-electron chi connectivity index (χ4n) is 3.11. The molecule has 0 atom stereocenters. The van der Waals surface area contributed by atoms with Gasteiger partial charge in [-0.2, -0.15) is 4.31 Å². The molecule has 10 heteroatoms. The van der Waals surface area contributed by atoms with Crippen molar-refractivity contribution in [1.29, 1.82) is 0 Å². The molecule has 0 aliphatic carbocycles. The Morgan fingerprint density at radius 2 is 1.89 bits per heavy atom. The predicted molar refractivity (Wildman–Crippen MR) is 105 cm³/mol. The highest BCUT2D eigenvalue weighted by molar-refractivity contribution is 7.89. The third-order valence-electron chi connectivity index (χ3n) is 4.62. The molecule has 0 unspecified atom stereocenters. The molecule has 0 saturated carbocycles. The maximum absolute atomic E-state index is 12.8. The van der Waals surface area contributed by atoms with Crippen molar-refractivity contribution in [2.45, 2.75) is 24.7 Å². The van der Waals surface area contributed by atoms with Crippen LogP contribution in [0.3, 0.4) is 0 Å². The zero-order valence-corrected chi connectivity index (χ0v) is 16.6. The summed E-state index contributed by atoms with van der Waals surface area (Å²) in [5.74, 6) is -0.576. The van der Waals surface area contributed by atoms with E-state index in [1.807, 2.05) is 0 Å². The first-order valence-electron chi connectivity index (χ1n) is 8.57. The van der Waals surface area contributed by atoms with Crippen molar-refractivity contribution in [3.63, 3.8) is 0 Å². The minimum atomic E-state index is -3.76. The predicted octanol–water partition coefficient (Wildman–Crippen LogP) is 3.59. The number of rotatable bonds is 5. The Hall–Kier alpha value is -2.49. The lowest BCUT2D eigenvalue weighted by atomic mass is 10.1. The number of nitrogens with zero attached hydrogens (tertiary/aromatic N) is 2. The molecule has 0 bridgehead atoms.